The summed E-state index contributed by atoms with van der Waals surface area (Å²) in [6, 6.07) is 9.14. The Kier molecular flexibility index (Phi) is 5.36. The van der Waals surface area contributed by atoms with Crippen molar-refractivity contribution >= 4 is 17.4 Å². The number of amides is 1. The lowest BCUT2D eigenvalue weighted by Gasteiger charge is -2.09. The van der Waals surface area contributed by atoms with Crippen molar-refractivity contribution in [3.05, 3.63) is 70.3 Å². The number of nitro groups is 1. The fourth-order valence-electron chi connectivity index (χ4n) is 2.39. The smallest absolute Gasteiger partial charge is 0.270 e. The first-order chi connectivity index (χ1) is 13.0. The molecule has 10 heteroatoms. The van der Waals surface area contributed by atoms with Gasteiger partial charge in [-0.3, -0.25) is 14.9 Å². The van der Waals surface area contributed by atoms with Crippen LogP contribution in [0.5, 0.6) is 0 Å². The summed E-state index contributed by atoms with van der Waals surface area (Å²) in [5.74, 6) is 1.45. The third kappa shape index (κ3) is 4.63. The monoisotopic (exact) mass is 367 g/mol. The highest BCUT2D eigenvalue weighted by molar-refractivity contribution is 5.94. The molecule has 3 aromatic rings. The molecule has 0 aliphatic carbocycles. The summed E-state index contributed by atoms with van der Waals surface area (Å²) < 4.78 is 1.63. The van der Waals surface area contributed by atoms with E-state index in [0.717, 1.165) is 0 Å². The Labute approximate surface area is 154 Å². The highest BCUT2D eigenvalue weighted by atomic mass is 16.6. The van der Waals surface area contributed by atoms with E-state index < -0.39 is 4.92 Å². The number of carbonyl (C=O) groups is 1. The van der Waals surface area contributed by atoms with Crippen molar-refractivity contribution in [1.29, 1.82) is 0 Å². The summed E-state index contributed by atoms with van der Waals surface area (Å²) in [6.07, 6.45) is 3.44. The molecule has 0 spiro atoms. The lowest BCUT2D eigenvalue weighted by Crippen LogP contribution is -2.29. The molecule has 27 heavy (non-hydrogen) atoms. The number of nitrogens with zero attached hydrogens (tertiary/aromatic N) is 5. The fraction of sp³-hybridized carbons (Fsp3) is 0.176. The van der Waals surface area contributed by atoms with Crippen molar-refractivity contribution in [3.63, 3.8) is 0 Å². The van der Waals surface area contributed by atoms with Crippen LogP contribution in [-0.2, 0) is 0 Å². The first-order valence-electron chi connectivity index (χ1n) is 8.15. The van der Waals surface area contributed by atoms with E-state index in [1.54, 1.807) is 36.1 Å². The maximum atomic E-state index is 12.1. The molecule has 0 saturated carbocycles. The van der Waals surface area contributed by atoms with Gasteiger partial charge in [0.1, 0.15) is 11.6 Å². The van der Waals surface area contributed by atoms with Gasteiger partial charge in [0.15, 0.2) is 5.82 Å². The number of nitrogens with one attached hydrogen (secondary N) is 2. The normalized spacial score (nSPS) is 10.4. The first-order valence-corrected chi connectivity index (χ1v) is 8.15. The van der Waals surface area contributed by atoms with Gasteiger partial charge in [0, 0.05) is 49.2 Å². The summed E-state index contributed by atoms with van der Waals surface area (Å²) in [5, 5.41) is 20.7. The van der Waals surface area contributed by atoms with E-state index in [1.165, 1.54) is 24.3 Å². The first kappa shape index (κ1) is 18.0. The van der Waals surface area contributed by atoms with Crippen LogP contribution in [0.4, 0.5) is 11.5 Å². The van der Waals surface area contributed by atoms with Crippen LogP contribution in [0.15, 0.2) is 48.8 Å². The van der Waals surface area contributed by atoms with Crippen LogP contribution in [0.3, 0.4) is 0 Å². The second kappa shape index (κ2) is 8.04. The highest BCUT2D eigenvalue weighted by Gasteiger charge is 2.11. The molecule has 0 bridgehead atoms. The Morgan fingerprint density at radius 3 is 2.81 bits per heavy atom. The number of carbonyl (C=O) groups excluding carboxylic acids is 1. The van der Waals surface area contributed by atoms with Gasteiger partial charge in [-0.05, 0) is 19.1 Å². The number of anilines is 1. The van der Waals surface area contributed by atoms with Crippen LogP contribution in [0, 0.1) is 17.0 Å². The van der Waals surface area contributed by atoms with E-state index in [0.29, 0.717) is 30.5 Å². The molecule has 1 amide bonds. The Balaban J connectivity index is 1.55. The van der Waals surface area contributed by atoms with Gasteiger partial charge in [0.2, 0.25) is 0 Å². The van der Waals surface area contributed by atoms with Gasteiger partial charge in [-0.15, -0.1) is 0 Å². The molecule has 0 aliphatic heterocycles. The third-order valence-electron chi connectivity index (χ3n) is 3.60. The summed E-state index contributed by atoms with van der Waals surface area (Å²) in [5.41, 5.74) is 0.117. The quantitative estimate of drug-likeness (QED) is 0.370. The molecular weight excluding hydrogens is 350 g/mol. The molecule has 0 saturated heterocycles. The molecule has 0 radical (unpaired) electrons. The van der Waals surface area contributed by atoms with Crippen LogP contribution >= 0.6 is 0 Å². The van der Waals surface area contributed by atoms with E-state index in [4.69, 9.17) is 0 Å². The molecule has 2 heterocycles. The molecule has 3 rings (SSSR count). The van der Waals surface area contributed by atoms with Crippen LogP contribution in [0.2, 0.25) is 0 Å². The average molecular weight is 367 g/mol. The maximum absolute atomic E-state index is 12.1. The van der Waals surface area contributed by atoms with Crippen LogP contribution in [0.25, 0.3) is 5.82 Å². The number of nitro benzene ring substituents is 1. The largest absolute Gasteiger partial charge is 0.368 e. The van der Waals surface area contributed by atoms with Gasteiger partial charge in [-0.25, -0.2) is 14.6 Å². The summed E-state index contributed by atoms with van der Waals surface area (Å²) in [6.45, 7) is 2.53. The molecule has 0 fully saturated rings. The Hall–Kier alpha value is -3.82. The summed E-state index contributed by atoms with van der Waals surface area (Å²) in [7, 11) is 0. The third-order valence-corrected chi connectivity index (χ3v) is 3.60. The molecule has 0 atom stereocenters. The lowest BCUT2D eigenvalue weighted by molar-refractivity contribution is -0.384. The molecule has 10 nitrogen and oxygen atoms in total. The second-order valence-electron chi connectivity index (χ2n) is 5.60. The van der Waals surface area contributed by atoms with E-state index in [2.05, 4.69) is 25.7 Å². The van der Waals surface area contributed by atoms with Crippen LogP contribution in [0.1, 0.15) is 16.2 Å². The number of benzene rings is 1. The van der Waals surface area contributed by atoms with E-state index in [9.17, 15) is 14.9 Å². The number of aromatic nitrogens is 4. The average Bonchev–Trinajstić information content (AvgIpc) is 3.19. The zero-order chi connectivity index (χ0) is 19.2. The molecular formula is C17H17N7O3. The Morgan fingerprint density at radius 2 is 2.07 bits per heavy atom. The molecule has 138 valence electrons. The van der Waals surface area contributed by atoms with E-state index >= 15 is 0 Å². The minimum Gasteiger partial charge on any atom is -0.368 e. The van der Waals surface area contributed by atoms with Gasteiger partial charge in [-0.2, -0.15) is 5.10 Å². The summed E-state index contributed by atoms with van der Waals surface area (Å²) in [4.78, 5) is 31.0. The van der Waals surface area contributed by atoms with E-state index in [1.807, 2.05) is 0 Å². The molecule has 2 aromatic heterocycles. The molecule has 0 unspecified atom stereocenters. The van der Waals surface area contributed by atoms with Gasteiger partial charge in [0.05, 0.1) is 4.92 Å². The molecule has 2 N–H and O–H groups in total. The zero-order valence-corrected chi connectivity index (χ0v) is 14.5. The van der Waals surface area contributed by atoms with Crippen LogP contribution < -0.4 is 10.6 Å². The highest BCUT2D eigenvalue weighted by Crippen LogP contribution is 2.13. The van der Waals surface area contributed by atoms with Crippen molar-refractivity contribution in [2.45, 2.75) is 6.92 Å². The zero-order valence-electron chi connectivity index (χ0n) is 14.5. The van der Waals surface area contributed by atoms with E-state index in [-0.39, 0.29) is 17.2 Å². The maximum Gasteiger partial charge on any atom is 0.270 e. The molecule has 1 aromatic carbocycles. The predicted molar refractivity (Wildman–Crippen MR) is 97.8 cm³/mol. The van der Waals surface area contributed by atoms with Crippen molar-refractivity contribution in [1.82, 2.24) is 25.1 Å². The van der Waals surface area contributed by atoms with Crippen molar-refractivity contribution in [2.75, 3.05) is 18.4 Å². The van der Waals surface area contributed by atoms with Crippen molar-refractivity contribution in [2.24, 2.45) is 0 Å². The summed E-state index contributed by atoms with van der Waals surface area (Å²) >= 11 is 0. The number of rotatable bonds is 7. The molecule has 0 aliphatic rings. The van der Waals surface area contributed by atoms with Crippen molar-refractivity contribution < 1.29 is 9.72 Å². The number of hydrogen-bond acceptors (Lipinski definition) is 7. The van der Waals surface area contributed by atoms with Gasteiger partial charge < -0.3 is 10.6 Å². The second-order valence-corrected chi connectivity index (χ2v) is 5.60. The standard InChI is InChI=1S/C17H17N7O3/c1-12-21-15(11-16(22-12)23-9-3-6-20-23)18-7-8-19-17(25)13-4-2-5-14(10-13)24(26)27/h2-6,9-11H,7-8H2,1H3,(H,19,25)(H,18,21,22). The predicted octanol–water partition coefficient (Wildman–Crippen LogP) is 1.72. The Bertz CT molecular complexity index is 957. The number of aryl methyl sites for hydroxylation is 1. The lowest BCUT2D eigenvalue weighted by atomic mass is 10.2. The number of hydrogen-bond donors (Lipinski definition) is 2. The SMILES string of the molecule is Cc1nc(NCCNC(=O)c2cccc([N+](=O)[O-])c2)cc(-n2cccn2)n1. The Morgan fingerprint density at radius 1 is 1.22 bits per heavy atom. The minimum absolute atomic E-state index is 0.122. The van der Waals surface area contributed by atoms with Crippen LogP contribution in [-0.4, -0.2) is 43.7 Å². The minimum atomic E-state index is -0.535. The van der Waals surface area contributed by atoms with Crippen molar-refractivity contribution in [3.8, 4) is 5.82 Å². The van der Waals surface area contributed by atoms with Gasteiger partial charge in [0.25, 0.3) is 11.6 Å². The number of non-ortho nitro benzene ring substituents is 1. The topological polar surface area (TPSA) is 128 Å². The van der Waals surface area contributed by atoms with Gasteiger partial charge >= 0.3 is 0 Å². The van der Waals surface area contributed by atoms with Gasteiger partial charge in [-0.1, -0.05) is 6.07 Å². The fourth-order valence-corrected chi connectivity index (χ4v) is 2.39.